The lowest BCUT2D eigenvalue weighted by Gasteiger charge is -2.18. The average molecular weight is 425 g/mol. The number of hydrogen-bond acceptors (Lipinski definition) is 1. The molecule has 0 amide bonds. The van der Waals surface area contributed by atoms with E-state index in [0.29, 0.717) is 6.04 Å². The summed E-state index contributed by atoms with van der Waals surface area (Å²) < 4.78 is 2.29. The van der Waals surface area contributed by atoms with Crippen molar-refractivity contribution in [1.82, 2.24) is 4.57 Å². The number of nitrogens with one attached hydrogen (secondary N) is 1. The third-order valence-electron chi connectivity index (χ3n) is 7.27. The number of rotatable bonds is 2. The molecule has 0 saturated heterocycles. The first-order valence-corrected chi connectivity index (χ1v) is 11.6. The van der Waals surface area contributed by atoms with Gasteiger partial charge in [0, 0.05) is 40.1 Å². The van der Waals surface area contributed by atoms with Gasteiger partial charge in [0.2, 0.25) is 0 Å². The molecule has 0 fully saturated rings. The molecule has 1 atom stereocenters. The molecule has 2 heteroatoms. The smallest absolute Gasteiger partial charge is 0.0555 e. The number of hydrogen-bond donors (Lipinski definition) is 1. The molecule has 5 aromatic rings. The van der Waals surface area contributed by atoms with Crippen molar-refractivity contribution < 1.29 is 0 Å². The Bertz CT molecular complexity index is 1620. The van der Waals surface area contributed by atoms with Gasteiger partial charge in [-0.1, -0.05) is 66.7 Å². The van der Waals surface area contributed by atoms with Crippen LogP contribution in [0.25, 0.3) is 44.1 Å². The van der Waals surface area contributed by atoms with Gasteiger partial charge in [-0.3, -0.25) is 0 Å². The van der Waals surface area contributed by atoms with E-state index in [1.165, 1.54) is 60.9 Å². The van der Waals surface area contributed by atoms with E-state index in [2.05, 4.69) is 120 Å². The maximum absolute atomic E-state index is 3.73. The minimum absolute atomic E-state index is 0.357. The third-order valence-corrected chi connectivity index (χ3v) is 7.27. The van der Waals surface area contributed by atoms with Gasteiger partial charge in [0.15, 0.2) is 0 Å². The molecule has 2 heterocycles. The van der Waals surface area contributed by atoms with E-state index in [9.17, 15) is 0 Å². The molecule has 158 valence electrons. The summed E-state index contributed by atoms with van der Waals surface area (Å²) in [6, 6.07) is 33.4. The summed E-state index contributed by atoms with van der Waals surface area (Å²) in [5.74, 6) is 0. The predicted molar refractivity (Wildman–Crippen MR) is 140 cm³/mol. The van der Waals surface area contributed by atoms with E-state index in [1.807, 2.05) is 0 Å². The highest BCUT2D eigenvalue weighted by Crippen LogP contribution is 2.43. The molecule has 1 N–H and O–H groups in total. The monoisotopic (exact) mass is 424 g/mol. The van der Waals surface area contributed by atoms with E-state index in [4.69, 9.17) is 0 Å². The van der Waals surface area contributed by atoms with Gasteiger partial charge in [-0.2, -0.15) is 0 Å². The second-order valence-corrected chi connectivity index (χ2v) is 9.13. The average Bonchev–Trinajstić information content (AvgIpc) is 3.39. The molecular weight excluding hydrogens is 400 g/mol. The highest BCUT2D eigenvalue weighted by molar-refractivity contribution is 6.09. The van der Waals surface area contributed by atoms with Crippen LogP contribution in [0.1, 0.15) is 17.5 Å². The van der Waals surface area contributed by atoms with Crippen molar-refractivity contribution in [3.05, 3.63) is 114 Å². The van der Waals surface area contributed by atoms with Gasteiger partial charge < -0.3 is 9.88 Å². The predicted octanol–water partition coefficient (Wildman–Crippen LogP) is 7.66. The summed E-state index contributed by atoms with van der Waals surface area (Å²) in [5, 5.41) is 6.37. The van der Waals surface area contributed by atoms with Crippen LogP contribution in [0.15, 0.2) is 103 Å². The van der Waals surface area contributed by atoms with Gasteiger partial charge in [0.25, 0.3) is 0 Å². The number of aromatic nitrogens is 1. The summed E-state index contributed by atoms with van der Waals surface area (Å²) in [6.07, 6.45) is 5.79. The summed E-state index contributed by atoms with van der Waals surface area (Å²) in [6.45, 7) is 0. The zero-order chi connectivity index (χ0) is 21.9. The lowest BCUT2D eigenvalue weighted by atomic mass is 9.88. The van der Waals surface area contributed by atoms with E-state index in [-0.39, 0.29) is 0 Å². The van der Waals surface area contributed by atoms with Crippen LogP contribution in [-0.4, -0.2) is 10.6 Å². The zero-order valence-corrected chi connectivity index (χ0v) is 18.5. The Morgan fingerprint density at radius 2 is 1.52 bits per heavy atom. The second kappa shape index (κ2) is 6.98. The topological polar surface area (TPSA) is 17.0 Å². The van der Waals surface area contributed by atoms with Gasteiger partial charge in [0.05, 0.1) is 6.04 Å². The zero-order valence-electron chi connectivity index (χ0n) is 18.5. The van der Waals surface area contributed by atoms with E-state index < -0.39 is 0 Å². The van der Waals surface area contributed by atoms with Gasteiger partial charge in [-0.25, -0.2) is 0 Å². The molecule has 2 aliphatic rings. The van der Waals surface area contributed by atoms with E-state index in [1.54, 1.807) is 0 Å². The first-order chi connectivity index (χ1) is 16.3. The molecule has 0 saturated carbocycles. The van der Waals surface area contributed by atoms with Gasteiger partial charge in [-0.15, -0.1) is 0 Å². The van der Waals surface area contributed by atoms with Crippen molar-refractivity contribution >= 4 is 38.6 Å². The fourth-order valence-electron chi connectivity index (χ4n) is 5.56. The number of benzene rings is 4. The van der Waals surface area contributed by atoms with Gasteiger partial charge >= 0.3 is 0 Å². The number of fused-ring (bicyclic) bond motifs is 6. The van der Waals surface area contributed by atoms with Crippen LogP contribution in [0.2, 0.25) is 0 Å². The second-order valence-electron chi connectivity index (χ2n) is 9.13. The summed E-state index contributed by atoms with van der Waals surface area (Å²) in [4.78, 5) is 0. The van der Waals surface area contributed by atoms with Crippen LogP contribution in [0.5, 0.6) is 0 Å². The van der Waals surface area contributed by atoms with Gasteiger partial charge in [0.1, 0.15) is 0 Å². The lowest BCUT2D eigenvalue weighted by Crippen LogP contribution is -2.15. The fraction of sp³-hybridized carbons (Fsp3) is 0.0968. The first kappa shape index (κ1) is 18.5. The third kappa shape index (κ3) is 2.81. The summed E-state index contributed by atoms with van der Waals surface area (Å²) in [5.41, 5.74) is 11.7. The molecule has 1 unspecified atom stereocenters. The Kier molecular flexibility index (Phi) is 3.92. The van der Waals surface area contributed by atoms with Crippen molar-refractivity contribution in [2.75, 3.05) is 5.32 Å². The molecule has 1 aliphatic carbocycles. The van der Waals surface area contributed by atoms with Crippen LogP contribution in [0, 0.1) is 0 Å². The molecule has 0 bridgehead atoms. The van der Waals surface area contributed by atoms with Crippen LogP contribution < -0.4 is 5.32 Å². The number of para-hydroxylation sites is 1. The van der Waals surface area contributed by atoms with E-state index in [0.717, 1.165) is 6.42 Å². The van der Waals surface area contributed by atoms with Crippen LogP contribution >= 0.6 is 0 Å². The maximum atomic E-state index is 3.73. The Morgan fingerprint density at radius 3 is 2.42 bits per heavy atom. The van der Waals surface area contributed by atoms with Crippen LogP contribution in [0.3, 0.4) is 0 Å². The van der Waals surface area contributed by atoms with Crippen molar-refractivity contribution in [2.24, 2.45) is 7.05 Å². The molecule has 4 aromatic carbocycles. The standard InChI is InChI=1S/C31H24N2/c1-33-30-10-6-5-9-24(30)27-19-23(13-16-31(27)33)22-12-15-29-26(18-22)25-17-21(11-14-28(25)32-29)20-7-3-2-4-8-20/h2-14,16-19,29,32H,15H2,1H3. The van der Waals surface area contributed by atoms with Crippen LogP contribution in [-0.2, 0) is 7.05 Å². The molecule has 0 spiro atoms. The number of anilines is 1. The highest BCUT2D eigenvalue weighted by Gasteiger charge is 2.28. The quantitative estimate of drug-likeness (QED) is 0.308. The van der Waals surface area contributed by atoms with E-state index >= 15 is 0 Å². The largest absolute Gasteiger partial charge is 0.377 e. The van der Waals surface area contributed by atoms with Crippen molar-refractivity contribution in [3.8, 4) is 11.1 Å². The summed E-state index contributed by atoms with van der Waals surface area (Å²) in [7, 11) is 2.16. The normalized spacial score (nSPS) is 16.8. The van der Waals surface area contributed by atoms with Crippen molar-refractivity contribution in [1.29, 1.82) is 0 Å². The number of allylic oxidation sites excluding steroid dienone is 2. The van der Waals surface area contributed by atoms with Crippen molar-refractivity contribution in [3.63, 3.8) is 0 Å². The summed E-state index contributed by atoms with van der Waals surface area (Å²) >= 11 is 0. The molecule has 0 radical (unpaired) electrons. The Balaban J connectivity index is 1.33. The SMILES string of the molecule is Cn1c2ccccc2c2cc(C3=CCC4Nc5ccc(-c6ccccc6)cc5C4=C3)ccc21. The number of aryl methyl sites for hydroxylation is 1. The molecule has 33 heavy (non-hydrogen) atoms. The first-order valence-electron chi connectivity index (χ1n) is 11.6. The molecule has 2 nitrogen and oxygen atoms in total. The molecule has 1 aromatic heterocycles. The molecular formula is C31H24N2. The Morgan fingerprint density at radius 1 is 0.727 bits per heavy atom. The Hall–Kier alpha value is -4.04. The lowest BCUT2D eigenvalue weighted by molar-refractivity contribution is 0.931. The minimum Gasteiger partial charge on any atom is -0.377 e. The van der Waals surface area contributed by atoms with Crippen LogP contribution in [0.4, 0.5) is 5.69 Å². The Labute approximate surface area is 193 Å². The van der Waals surface area contributed by atoms with Gasteiger partial charge in [-0.05, 0) is 70.7 Å². The fourth-order valence-corrected chi connectivity index (χ4v) is 5.56. The maximum Gasteiger partial charge on any atom is 0.0555 e. The highest BCUT2D eigenvalue weighted by atomic mass is 15.0. The number of nitrogens with zero attached hydrogens (tertiary/aromatic N) is 1. The van der Waals surface area contributed by atoms with Crippen molar-refractivity contribution in [2.45, 2.75) is 12.5 Å². The minimum atomic E-state index is 0.357. The molecule has 7 rings (SSSR count). The molecule has 1 aliphatic heterocycles.